The molecule has 170 valence electrons. The summed E-state index contributed by atoms with van der Waals surface area (Å²) >= 11 is 0. The molecule has 0 atom stereocenters. The number of carbonyl (C=O) groups excluding carboxylic acids is 1. The zero-order chi connectivity index (χ0) is 21.2. The van der Waals surface area contributed by atoms with Crippen LogP contribution in [0.2, 0.25) is 0 Å². The van der Waals surface area contributed by atoms with Crippen molar-refractivity contribution in [2.24, 2.45) is 10.9 Å². The number of esters is 1. The fraction of sp³-hybridized carbons (Fsp3) is 0.636. The third kappa shape index (κ3) is 8.75. The highest BCUT2D eigenvalue weighted by Gasteiger charge is 2.27. The first kappa shape index (κ1) is 26.6. The first-order chi connectivity index (χ1) is 13.9. The van der Waals surface area contributed by atoms with Gasteiger partial charge in [-0.1, -0.05) is 6.07 Å². The largest absolute Gasteiger partial charge is 0.466 e. The molecule has 0 heterocycles. The van der Waals surface area contributed by atoms with Gasteiger partial charge in [-0.3, -0.25) is 4.79 Å². The lowest BCUT2D eigenvalue weighted by Crippen LogP contribution is -2.45. The molecular formula is C22H36FIN4O2. The minimum atomic E-state index is -0.185. The van der Waals surface area contributed by atoms with Gasteiger partial charge in [-0.25, -0.2) is 9.38 Å². The monoisotopic (exact) mass is 534 g/mol. The standard InChI is InChI=1S/C22H35FN4O2.HI/c1-5-24-22(26-19-10-8-17(9-11-19)21(28)29-6-2)25-14-16-7-12-20(23)18(13-16)15-27(3)4;/h7,12-13,17,19H,5-6,8-11,14-15H2,1-4H3,(H2,24,25,26);1H. The van der Waals surface area contributed by atoms with Crippen LogP contribution in [-0.4, -0.2) is 50.1 Å². The Hall–Kier alpha value is -1.42. The summed E-state index contributed by atoms with van der Waals surface area (Å²) in [5.41, 5.74) is 1.66. The Labute approximate surface area is 197 Å². The second kappa shape index (κ2) is 13.8. The van der Waals surface area contributed by atoms with Gasteiger partial charge in [0.05, 0.1) is 19.1 Å². The maximum atomic E-state index is 14.0. The van der Waals surface area contributed by atoms with E-state index >= 15 is 0 Å². The third-order valence-corrected chi connectivity index (χ3v) is 5.05. The van der Waals surface area contributed by atoms with E-state index in [9.17, 15) is 9.18 Å². The van der Waals surface area contributed by atoms with Gasteiger partial charge >= 0.3 is 5.97 Å². The lowest BCUT2D eigenvalue weighted by atomic mass is 9.86. The van der Waals surface area contributed by atoms with E-state index in [1.54, 1.807) is 6.07 Å². The van der Waals surface area contributed by atoms with Gasteiger partial charge in [0.2, 0.25) is 0 Å². The van der Waals surface area contributed by atoms with Gasteiger partial charge in [-0.2, -0.15) is 0 Å². The third-order valence-electron chi connectivity index (χ3n) is 5.05. The van der Waals surface area contributed by atoms with E-state index in [2.05, 4.69) is 15.6 Å². The first-order valence-electron chi connectivity index (χ1n) is 10.6. The molecule has 6 nitrogen and oxygen atoms in total. The number of carbonyl (C=O) groups is 1. The summed E-state index contributed by atoms with van der Waals surface area (Å²) in [6, 6.07) is 5.47. The van der Waals surface area contributed by atoms with Crippen molar-refractivity contribution in [3.63, 3.8) is 0 Å². The molecule has 1 saturated carbocycles. The van der Waals surface area contributed by atoms with Gasteiger partial charge in [0, 0.05) is 24.7 Å². The van der Waals surface area contributed by atoms with E-state index in [1.807, 2.05) is 38.9 Å². The van der Waals surface area contributed by atoms with E-state index in [0.717, 1.165) is 43.8 Å². The highest BCUT2D eigenvalue weighted by Crippen LogP contribution is 2.25. The summed E-state index contributed by atoms with van der Waals surface area (Å²) in [4.78, 5) is 18.5. The van der Waals surface area contributed by atoms with Crippen LogP contribution in [0.15, 0.2) is 23.2 Å². The molecule has 30 heavy (non-hydrogen) atoms. The van der Waals surface area contributed by atoms with Crippen molar-refractivity contribution in [3.05, 3.63) is 35.1 Å². The van der Waals surface area contributed by atoms with E-state index in [0.29, 0.717) is 25.3 Å². The Bertz CT molecular complexity index is 692. The van der Waals surface area contributed by atoms with Crippen LogP contribution in [0.4, 0.5) is 4.39 Å². The topological polar surface area (TPSA) is 66.0 Å². The van der Waals surface area contributed by atoms with Crippen molar-refractivity contribution in [2.45, 2.75) is 58.7 Å². The van der Waals surface area contributed by atoms with Crippen LogP contribution in [0.3, 0.4) is 0 Å². The molecule has 1 aromatic carbocycles. The van der Waals surface area contributed by atoms with Crippen LogP contribution < -0.4 is 10.6 Å². The maximum absolute atomic E-state index is 14.0. The maximum Gasteiger partial charge on any atom is 0.308 e. The minimum Gasteiger partial charge on any atom is -0.466 e. The molecule has 1 aliphatic rings. The summed E-state index contributed by atoms with van der Waals surface area (Å²) in [5.74, 6) is 0.513. The van der Waals surface area contributed by atoms with E-state index < -0.39 is 0 Å². The zero-order valence-electron chi connectivity index (χ0n) is 18.5. The first-order valence-corrected chi connectivity index (χ1v) is 10.6. The van der Waals surface area contributed by atoms with E-state index in [4.69, 9.17) is 4.74 Å². The normalized spacial score (nSPS) is 19.2. The number of nitrogens with zero attached hydrogens (tertiary/aromatic N) is 2. The molecule has 1 aliphatic carbocycles. The molecule has 0 radical (unpaired) electrons. The smallest absolute Gasteiger partial charge is 0.308 e. The molecule has 0 unspecified atom stereocenters. The molecule has 1 fully saturated rings. The summed E-state index contributed by atoms with van der Waals surface area (Å²) in [6.07, 6.45) is 3.50. The molecule has 0 aliphatic heterocycles. The number of aliphatic imine (C=N–C) groups is 1. The van der Waals surface area contributed by atoms with Crippen molar-refractivity contribution >= 4 is 35.9 Å². The fourth-order valence-corrected chi connectivity index (χ4v) is 3.61. The predicted octanol–water partition coefficient (Wildman–Crippen LogP) is 3.68. The average molecular weight is 534 g/mol. The second-order valence-electron chi connectivity index (χ2n) is 7.80. The molecule has 2 rings (SSSR count). The van der Waals surface area contributed by atoms with Crippen LogP contribution in [-0.2, 0) is 22.6 Å². The number of hydrogen-bond donors (Lipinski definition) is 2. The lowest BCUT2D eigenvalue weighted by Gasteiger charge is -2.29. The van der Waals surface area contributed by atoms with Gasteiger partial charge in [-0.05, 0) is 71.3 Å². The second-order valence-corrected chi connectivity index (χ2v) is 7.80. The fourth-order valence-electron chi connectivity index (χ4n) is 3.61. The highest BCUT2D eigenvalue weighted by molar-refractivity contribution is 14.0. The number of ether oxygens (including phenoxy) is 1. The number of halogens is 2. The molecule has 8 heteroatoms. The van der Waals surface area contributed by atoms with Gasteiger partial charge in [0.15, 0.2) is 5.96 Å². The average Bonchev–Trinajstić information content (AvgIpc) is 2.69. The molecule has 0 spiro atoms. The van der Waals surface area contributed by atoms with E-state index in [1.165, 1.54) is 6.07 Å². The zero-order valence-corrected chi connectivity index (χ0v) is 20.9. The van der Waals surface area contributed by atoms with Crippen LogP contribution in [0.25, 0.3) is 0 Å². The van der Waals surface area contributed by atoms with Crippen molar-refractivity contribution < 1.29 is 13.9 Å². The molecule has 0 aromatic heterocycles. The van der Waals surface area contributed by atoms with Crippen molar-refractivity contribution in [1.82, 2.24) is 15.5 Å². The molecular weight excluding hydrogens is 498 g/mol. The molecule has 1 aromatic rings. The Morgan fingerprint density at radius 2 is 1.93 bits per heavy atom. The number of nitrogens with one attached hydrogen (secondary N) is 2. The number of benzene rings is 1. The van der Waals surface area contributed by atoms with E-state index in [-0.39, 0.29) is 47.7 Å². The van der Waals surface area contributed by atoms with Crippen molar-refractivity contribution in [1.29, 1.82) is 0 Å². The summed E-state index contributed by atoms with van der Waals surface area (Å²) in [5, 5.41) is 6.76. The SMILES string of the molecule is CCNC(=NCc1ccc(F)c(CN(C)C)c1)NC1CCC(C(=O)OCC)CC1.I. The van der Waals surface area contributed by atoms with Gasteiger partial charge in [0.25, 0.3) is 0 Å². The number of hydrogen-bond acceptors (Lipinski definition) is 4. The summed E-state index contributed by atoms with van der Waals surface area (Å²) < 4.78 is 19.1. The molecule has 0 bridgehead atoms. The van der Waals surface area contributed by atoms with Crippen molar-refractivity contribution in [2.75, 3.05) is 27.2 Å². The molecule has 0 saturated heterocycles. The molecule has 2 N–H and O–H groups in total. The number of rotatable bonds is 8. The van der Waals surface area contributed by atoms with Crippen LogP contribution >= 0.6 is 24.0 Å². The van der Waals surface area contributed by atoms with Gasteiger partial charge < -0.3 is 20.3 Å². The Morgan fingerprint density at radius 1 is 1.23 bits per heavy atom. The minimum absolute atomic E-state index is 0. The van der Waals surface area contributed by atoms with Crippen LogP contribution in [0.5, 0.6) is 0 Å². The summed E-state index contributed by atoms with van der Waals surface area (Å²) in [7, 11) is 3.85. The van der Waals surface area contributed by atoms with Gasteiger partial charge in [0.1, 0.15) is 5.82 Å². The Kier molecular flexibility index (Phi) is 12.2. The Morgan fingerprint density at radius 3 is 2.53 bits per heavy atom. The van der Waals surface area contributed by atoms with Crippen molar-refractivity contribution in [3.8, 4) is 0 Å². The predicted molar refractivity (Wildman–Crippen MR) is 130 cm³/mol. The van der Waals surface area contributed by atoms with Gasteiger partial charge in [-0.15, -0.1) is 24.0 Å². The molecule has 0 amide bonds. The Balaban J connectivity index is 0.00000450. The quantitative estimate of drug-likeness (QED) is 0.231. The number of guanidine groups is 1. The highest BCUT2D eigenvalue weighted by atomic mass is 127. The van der Waals surface area contributed by atoms with Crippen LogP contribution in [0.1, 0.15) is 50.7 Å². The van der Waals surface area contributed by atoms with Crippen LogP contribution in [0, 0.1) is 11.7 Å². The lowest BCUT2D eigenvalue weighted by molar-refractivity contribution is -0.149. The summed E-state index contributed by atoms with van der Waals surface area (Å²) in [6.45, 7) is 6.11.